The summed E-state index contributed by atoms with van der Waals surface area (Å²) in [5, 5.41) is 16.2. The minimum atomic E-state index is -4.94. The molecule has 0 bridgehead atoms. The lowest BCUT2D eigenvalue weighted by Crippen LogP contribution is -2.23. The van der Waals surface area contributed by atoms with Crippen LogP contribution in [0.2, 0.25) is 0 Å². The maximum absolute atomic E-state index is 13.7. The molecule has 5 rings (SSSR count). The Morgan fingerprint density at radius 2 is 1.97 bits per heavy atom. The van der Waals surface area contributed by atoms with Gasteiger partial charge in [-0.1, -0.05) is 35.9 Å². The standard InChI is InChI=1S/C27H23F3N4O3/c1-16-5-8-23(37-15-17-6-7-19-13-31-10-9-18(19)12-17)20(11-16)22-3-2-4-24(33-22)34-25(27(28,29)30)21(14-32-34)26(35)36/h2-8,11-12,14,31H,9-10,13,15H2,1H3,(H,35,36). The fourth-order valence-electron chi connectivity index (χ4n) is 4.39. The third-order valence-electron chi connectivity index (χ3n) is 6.18. The number of benzene rings is 2. The van der Waals surface area contributed by atoms with E-state index in [-0.39, 0.29) is 5.82 Å². The van der Waals surface area contributed by atoms with E-state index in [0.717, 1.165) is 30.6 Å². The Morgan fingerprint density at radius 1 is 1.14 bits per heavy atom. The smallest absolute Gasteiger partial charge is 0.434 e. The Labute approximate surface area is 210 Å². The van der Waals surface area contributed by atoms with Crippen LogP contribution in [0, 0.1) is 6.92 Å². The summed E-state index contributed by atoms with van der Waals surface area (Å²) in [6.45, 7) is 3.99. The number of aryl methyl sites for hydroxylation is 1. The molecule has 0 unspecified atom stereocenters. The number of aromatic carboxylic acids is 1. The van der Waals surface area contributed by atoms with E-state index in [1.807, 2.05) is 25.1 Å². The maximum Gasteiger partial charge on any atom is 0.434 e. The van der Waals surface area contributed by atoms with Crippen LogP contribution >= 0.6 is 0 Å². The Bertz CT molecular complexity index is 1480. The van der Waals surface area contributed by atoms with E-state index in [2.05, 4.69) is 27.5 Å². The number of carboxylic acids is 1. The van der Waals surface area contributed by atoms with Crippen molar-refractivity contribution in [2.75, 3.05) is 6.54 Å². The van der Waals surface area contributed by atoms with Crippen LogP contribution in [-0.4, -0.2) is 32.4 Å². The number of rotatable bonds is 6. The van der Waals surface area contributed by atoms with Gasteiger partial charge in [-0.15, -0.1) is 0 Å². The van der Waals surface area contributed by atoms with Gasteiger partial charge in [0.1, 0.15) is 17.9 Å². The van der Waals surface area contributed by atoms with Crippen molar-refractivity contribution in [3.8, 4) is 22.8 Å². The largest absolute Gasteiger partial charge is 0.488 e. The van der Waals surface area contributed by atoms with Gasteiger partial charge in [-0.3, -0.25) is 0 Å². The molecule has 0 atom stereocenters. The molecule has 0 amide bonds. The van der Waals surface area contributed by atoms with E-state index in [1.54, 1.807) is 18.2 Å². The SMILES string of the molecule is Cc1ccc(OCc2ccc3c(c2)CCNC3)c(-c2cccc(-n3ncc(C(=O)O)c3C(F)(F)F)n2)c1. The second kappa shape index (κ2) is 9.70. The van der Waals surface area contributed by atoms with Crippen molar-refractivity contribution in [3.63, 3.8) is 0 Å². The lowest BCUT2D eigenvalue weighted by atomic mass is 9.99. The molecule has 0 radical (unpaired) electrons. The zero-order valence-corrected chi connectivity index (χ0v) is 19.8. The highest BCUT2D eigenvalue weighted by Crippen LogP contribution is 2.35. The summed E-state index contributed by atoms with van der Waals surface area (Å²) in [4.78, 5) is 15.8. The van der Waals surface area contributed by atoms with E-state index in [1.165, 1.54) is 17.2 Å². The molecule has 10 heteroatoms. The predicted octanol–water partition coefficient (Wildman–Crippen LogP) is 5.18. The normalized spacial score (nSPS) is 13.3. The first kappa shape index (κ1) is 24.5. The number of carbonyl (C=O) groups is 1. The zero-order valence-electron chi connectivity index (χ0n) is 19.8. The molecule has 0 spiro atoms. The second-order valence-corrected chi connectivity index (χ2v) is 8.82. The fraction of sp³-hybridized carbons (Fsp3) is 0.222. The number of nitrogens with zero attached hydrogens (tertiary/aromatic N) is 3. The third-order valence-corrected chi connectivity index (χ3v) is 6.18. The van der Waals surface area contributed by atoms with Gasteiger partial charge >= 0.3 is 12.1 Å². The topological polar surface area (TPSA) is 89.3 Å². The molecule has 4 aromatic rings. The van der Waals surface area contributed by atoms with Crippen molar-refractivity contribution < 1.29 is 27.8 Å². The van der Waals surface area contributed by atoms with Crippen molar-refractivity contribution in [2.24, 2.45) is 0 Å². The van der Waals surface area contributed by atoms with Gasteiger partial charge in [0, 0.05) is 12.1 Å². The van der Waals surface area contributed by atoms with Crippen LogP contribution in [0.3, 0.4) is 0 Å². The van der Waals surface area contributed by atoms with Gasteiger partial charge in [0.15, 0.2) is 11.5 Å². The number of nitrogens with one attached hydrogen (secondary N) is 1. The van der Waals surface area contributed by atoms with Crippen LogP contribution in [0.15, 0.2) is 60.8 Å². The van der Waals surface area contributed by atoms with Gasteiger partial charge in [0.2, 0.25) is 0 Å². The van der Waals surface area contributed by atoms with Crippen molar-refractivity contribution in [1.29, 1.82) is 0 Å². The Balaban J connectivity index is 1.48. The van der Waals surface area contributed by atoms with E-state index in [9.17, 15) is 23.1 Å². The van der Waals surface area contributed by atoms with Gasteiger partial charge in [-0.2, -0.15) is 18.3 Å². The number of ether oxygens (including phenoxy) is 1. The minimum absolute atomic E-state index is 0.159. The molecule has 1 aliphatic rings. The van der Waals surface area contributed by atoms with Crippen LogP contribution in [0.4, 0.5) is 13.2 Å². The summed E-state index contributed by atoms with van der Waals surface area (Å²) >= 11 is 0. The molecule has 0 saturated heterocycles. The molecule has 7 nitrogen and oxygen atoms in total. The number of carboxylic acid groups (broad SMARTS) is 1. The Kier molecular flexibility index (Phi) is 6.43. The predicted molar refractivity (Wildman–Crippen MR) is 130 cm³/mol. The number of halogens is 3. The van der Waals surface area contributed by atoms with Crippen LogP contribution in [0.1, 0.15) is 38.3 Å². The average molecular weight is 509 g/mol. The summed E-state index contributed by atoms with van der Waals surface area (Å²) in [5.41, 5.74) is 3.12. The van der Waals surface area contributed by atoms with Gasteiger partial charge in [-0.25, -0.2) is 14.5 Å². The monoisotopic (exact) mass is 508 g/mol. The summed E-state index contributed by atoms with van der Waals surface area (Å²) in [6, 6.07) is 16.3. The molecule has 0 fully saturated rings. The quantitative estimate of drug-likeness (QED) is 0.373. The summed E-state index contributed by atoms with van der Waals surface area (Å²) in [6.07, 6.45) is -3.31. The van der Waals surface area contributed by atoms with E-state index in [0.29, 0.717) is 34.5 Å². The lowest BCUT2D eigenvalue weighted by Gasteiger charge is -2.18. The molecule has 3 heterocycles. The summed E-state index contributed by atoms with van der Waals surface area (Å²) in [5.74, 6) is -1.35. The second-order valence-electron chi connectivity index (χ2n) is 8.82. The third kappa shape index (κ3) is 5.05. The highest BCUT2D eigenvalue weighted by Gasteiger charge is 2.41. The van der Waals surface area contributed by atoms with E-state index in [4.69, 9.17) is 4.74 Å². The van der Waals surface area contributed by atoms with Crippen LogP contribution in [0.25, 0.3) is 17.1 Å². The number of aromatic nitrogens is 3. The van der Waals surface area contributed by atoms with Gasteiger partial charge in [0.25, 0.3) is 0 Å². The van der Waals surface area contributed by atoms with Gasteiger partial charge < -0.3 is 15.2 Å². The van der Waals surface area contributed by atoms with E-state index >= 15 is 0 Å². The lowest BCUT2D eigenvalue weighted by molar-refractivity contribution is -0.143. The first-order valence-corrected chi connectivity index (χ1v) is 11.6. The highest BCUT2D eigenvalue weighted by atomic mass is 19.4. The first-order chi connectivity index (χ1) is 17.7. The minimum Gasteiger partial charge on any atom is -0.488 e. The number of pyridine rings is 1. The molecular formula is C27H23F3N4O3. The van der Waals surface area contributed by atoms with Crippen molar-refractivity contribution in [3.05, 3.63) is 94.3 Å². The maximum atomic E-state index is 13.7. The van der Waals surface area contributed by atoms with Crippen LogP contribution in [-0.2, 0) is 25.7 Å². The fourth-order valence-corrected chi connectivity index (χ4v) is 4.39. The molecule has 2 aromatic carbocycles. The van der Waals surface area contributed by atoms with Crippen LogP contribution < -0.4 is 10.1 Å². The summed E-state index contributed by atoms with van der Waals surface area (Å²) in [7, 11) is 0. The van der Waals surface area contributed by atoms with Crippen LogP contribution in [0.5, 0.6) is 5.75 Å². The molecule has 1 aliphatic heterocycles. The average Bonchev–Trinajstić information content (AvgIpc) is 3.35. The molecular weight excluding hydrogens is 485 g/mol. The Hall–Kier alpha value is -4.18. The number of fused-ring (bicyclic) bond motifs is 1. The first-order valence-electron chi connectivity index (χ1n) is 11.6. The molecule has 190 valence electrons. The molecule has 37 heavy (non-hydrogen) atoms. The summed E-state index contributed by atoms with van der Waals surface area (Å²) < 4.78 is 47.8. The zero-order chi connectivity index (χ0) is 26.2. The van der Waals surface area contributed by atoms with E-state index < -0.39 is 23.4 Å². The molecule has 0 saturated carbocycles. The van der Waals surface area contributed by atoms with Gasteiger partial charge in [0.05, 0.1) is 11.9 Å². The van der Waals surface area contributed by atoms with Crippen molar-refractivity contribution in [2.45, 2.75) is 32.7 Å². The molecule has 2 aromatic heterocycles. The highest BCUT2D eigenvalue weighted by molar-refractivity contribution is 5.89. The number of hydrogen-bond donors (Lipinski definition) is 2. The molecule has 0 aliphatic carbocycles. The van der Waals surface area contributed by atoms with Crippen molar-refractivity contribution in [1.82, 2.24) is 20.1 Å². The van der Waals surface area contributed by atoms with Gasteiger partial charge in [-0.05, 0) is 60.8 Å². The molecule has 2 N–H and O–H groups in total. The number of alkyl halides is 3. The Morgan fingerprint density at radius 3 is 2.76 bits per heavy atom. The number of hydrogen-bond acceptors (Lipinski definition) is 5. The van der Waals surface area contributed by atoms with Crippen molar-refractivity contribution >= 4 is 5.97 Å².